The maximum atomic E-state index is 11.9. The predicted molar refractivity (Wildman–Crippen MR) is 94.1 cm³/mol. The molecule has 6 nitrogen and oxygen atoms in total. The highest BCUT2D eigenvalue weighted by Crippen LogP contribution is 2.13. The number of hydrogen-bond acceptors (Lipinski definition) is 4. The largest absolute Gasteiger partial charge is 0.351 e. The molecule has 2 heterocycles. The summed E-state index contributed by atoms with van der Waals surface area (Å²) >= 11 is 0. The number of fused-ring (bicyclic) bond motifs is 1. The number of nitrogens with zero attached hydrogens (tertiary/aromatic N) is 2. The molecule has 6 heteroatoms. The van der Waals surface area contributed by atoms with Crippen LogP contribution in [-0.4, -0.2) is 33.7 Å². The molecular formula is C18H19N5O. The van der Waals surface area contributed by atoms with Crippen LogP contribution in [0.1, 0.15) is 11.3 Å². The van der Waals surface area contributed by atoms with Crippen LogP contribution in [0.25, 0.3) is 17.1 Å². The maximum Gasteiger partial charge on any atom is 0.244 e. The number of aromatic nitrogens is 3. The van der Waals surface area contributed by atoms with E-state index in [2.05, 4.69) is 20.5 Å². The van der Waals surface area contributed by atoms with Crippen LogP contribution in [0.5, 0.6) is 0 Å². The summed E-state index contributed by atoms with van der Waals surface area (Å²) in [6.07, 6.45) is 5.53. The molecule has 0 spiro atoms. The Bertz CT molecular complexity index is 841. The summed E-state index contributed by atoms with van der Waals surface area (Å²) in [4.78, 5) is 16.1. The average Bonchev–Trinajstić information content (AvgIpc) is 3.02. The summed E-state index contributed by atoms with van der Waals surface area (Å²) in [5.41, 5.74) is 8.59. The van der Waals surface area contributed by atoms with E-state index in [9.17, 15) is 4.79 Å². The van der Waals surface area contributed by atoms with Gasteiger partial charge >= 0.3 is 0 Å². The molecule has 1 aromatic carbocycles. The second-order valence-corrected chi connectivity index (χ2v) is 5.54. The van der Waals surface area contributed by atoms with E-state index < -0.39 is 0 Å². The molecule has 1 atom stereocenters. The molecule has 4 N–H and O–H groups in total. The fourth-order valence-corrected chi connectivity index (χ4v) is 2.44. The fourth-order valence-electron chi connectivity index (χ4n) is 2.44. The first kappa shape index (κ1) is 15.9. The van der Waals surface area contributed by atoms with E-state index in [1.165, 1.54) is 6.08 Å². The Morgan fingerprint density at radius 2 is 2.08 bits per heavy atom. The quantitative estimate of drug-likeness (QED) is 0.602. The monoisotopic (exact) mass is 321 g/mol. The van der Waals surface area contributed by atoms with Crippen LogP contribution in [0.4, 0.5) is 0 Å². The van der Waals surface area contributed by atoms with Gasteiger partial charge in [-0.1, -0.05) is 30.3 Å². The van der Waals surface area contributed by atoms with Gasteiger partial charge in [0.05, 0.1) is 5.69 Å². The van der Waals surface area contributed by atoms with Crippen LogP contribution >= 0.6 is 0 Å². The molecule has 0 unspecified atom stereocenters. The van der Waals surface area contributed by atoms with Crippen molar-refractivity contribution in [1.29, 1.82) is 0 Å². The number of carbonyl (C=O) groups excluding carboxylic acids is 1. The molecule has 0 aliphatic rings. The summed E-state index contributed by atoms with van der Waals surface area (Å²) in [5.74, 6) is -0.196. The molecule has 2 aromatic heterocycles. The molecule has 0 fully saturated rings. The van der Waals surface area contributed by atoms with Gasteiger partial charge in [0.2, 0.25) is 5.91 Å². The number of nitrogens with one attached hydrogen (secondary N) is 2. The first-order chi connectivity index (χ1) is 11.7. The molecule has 122 valence electrons. The predicted octanol–water partition coefficient (Wildman–Crippen LogP) is 1.66. The Hall–Kier alpha value is -2.99. The maximum absolute atomic E-state index is 11.9. The van der Waals surface area contributed by atoms with Crippen molar-refractivity contribution in [3.63, 3.8) is 0 Å². The Labute approximate surface area is 139 Å². The minimum absolute atomic E-state index is 0.125. The number of nitrogens with two attached hydrogens (primary N) is 1. The number of benzene rings is 1. The van der Waals surface area contributed by atoms with Crippen LogP contribution < -0.4 is 11.1 Å². The molecule has 0 bridgehead atoms. The Morgan fingerprint density at radius 1 is 1.25 bits per heavy atom. The number of rotatable bonds is 6. The van der Waals surface area contributed by atoms with Crippen LogP contribution in [0.15, 0.2) is 54.7 Å². The molecule has 0 aliphatic heterocycles. The van der Waals surface area contributed by atoms with Crippen molar-refractivity contribution in [2.24, 2.45) is 5.73 Å². The van der Waals surface area contributed by atoms with Crippen molar-refractivity contribution in [3.05, 3.63) is 66.0 Å². The van der Waals surface area contributed by atoms with E-state index in [4.69, 9.17) is 5.73 Å². The number of aromatic amines is 1. The lowest BCUT2D eigenvalue weighted by Crippen LogP contribution is -2.37. The molecule has 0 saturated heterocycles. The van der Waals surface area contributed by atoms with E-state index in [-0.39, 0.29) is 11.9 Å². The summed E-state index contributed by atoms with van der Waals surface area (Å²) in [6.45, 7) is 0.418. The standard InChI is InChI=1S/C18H19N5O/c19-14(11-13-5-2-1-3-6-13)12-21-17(24)9-8-16-15-7-4-10-20-18(15)23-22-16/h1-10,14H,11-12,19H2,(H,21,24)(H,20,22,23)/b9-8+/t14-/m0/s1. The fraction of sp³-hybridized carbons (Fsp3) is 0.167. The van der Waals surface area contributed by atoms with E-state index in [1.54, 1.807) is 12.3 Å². The Kier molecular flexibility index (Phi) is 4.98. The van der Waals surface area contributed by atoms with Crippen molar-refractivity contribution in [3.8, 4) is 0 Å². The molecular weight excluding hydrogens is 302 g/mol. The van der Waals surface area contributed by atoms with Gasteiger partial charge in [-0.25, -0.2) is 4.98 Å². The second kappa shape index (κ2) is 7.52. The molecule has 24 heavy (non-hydrogen) atoms. The lowest BCUT2D eigenvalue weighted by atomic mass is 10.1. The zero-order chi connectivity index (χ0) is 16.8. The van der Waals surface area contributed by atoms with Gasteiger partial charge < -0.3 is 11.1 Å². The Balaban J connectivity index is 1.52. The third-order valence-corrected chi connectivity index (χ3v) is 3.64. The summed E-state index contributed by atoms with van der Waals surface area (Å²) < 4.78 is 0. The van der Waals surface area contributed by atoms with E-state index in [0.29, 0.717) is 17.9 Å². The lowest BCUT2D eigenvalue weighted by molar-refractivity contribution is -0.116. The third-order valence-electron chi connectivity index (χ3n) is 3.64. The van der Waals surface area contributed by atoms with Crippen molar-refractivity contribution in [2.45, 2.75) is 12.5 Å². The SMILES string of the molecule is N[C@H](CNC(=O)/C=C/c1n[nH]c2ncccc12)Cc1ccccc1. The van der Waals surface area contributed by atoms with Crippen molar-refractivity contribution in [2.75, 3.05) is 6.54 Å². The highest BCUT2D eigenvalue weighted by molar-refractivity contribution is 5.94. The van der Waals surface area contributed by atoms with E-state index in [0.717, 1.165) is 17.4 Å². The molecule has 1 amide bonds. The average molecular weight is 321 g/mol. The summed E-state index contributed by atoms with van der Waals surface area (Å²) in [5, 5.41) is 10.7. The van der Waals surface area contributed by atoms with Crippen LogP contribution in [0.2, 0.25) is 0 Å². The minimum atomic E-state index is -0.196. The third kappa shape index (κ3) is 4.05. The highest BCUT2D eigenvalue weighted by atomic mass is 16.1. The van der Waals surface area contributed by atoms with Gasteiger partial charge in [0.25, 0.3) is 0 Å². The Morgan fingerprint density at radius 3 is 2.92 bits per heavy atom. The van der Waals surface area contributed by atoms with Gasteiger partial charge in [-0.2, -0.15) is 5.10 Å². The second-order valence-electron chi connectivity index (χ2n) is 5.54. The van der Waals surface area contributed by atoms with Gasteiger partial charge in [0.15, 0.2) is 5.65 Å². The lowest BCUT2D eigenvalue weighted by Gasteiger charge is -2.11. The normalized spacial score (nSPS) is 12.5. The molecule has 3 aromatic rings. The molecule has 0 aliphatic carbocycles. The van der Waals surface area contributed by atoms with Crippen molar-refractivity contribution in [1.82, 2.24) is 20.5 Å². The minimum Gasteiger partial charge on any atom is -0.351 e. The number of H-pyrrole nitrogens is 1. The topological polar surface area (TPSA) is 96.7 Å². The number of carbonyl (C=O) groups is 1. The molecule has 0 saturated carbocycles. The number of amides is 1. The van der Waals surface area contributed by atoms with Crippen molar-refractivity contribution < 1.29 is 4.79 Å². The van der Waals surface area contributed by atoms with Crippen LogP contribution in [0.3, 0.4) is 0 Å². The van der Waals surface area contributed by atoms with E-state index in [1.807, 2.05) is 42.5 Å². The zero-order valence-corrected chi connectivity index (χ0v) is 13.1. The van der Waals surface area contributed by atoms with Gasteiger partial charge in [0.1, 0.15) is 0 Å². The van der Waals surface area contributed by atoms with Gasteiger partial charge in [-0.3, -0.25) is 9.89 Å². The van der Waals surface area contributed by atoms with E-state index >= 15 is 0 Å². The summed E-state index contributed by atoms with van der Waals surface area (Å²) in [7, 11) is 0. The van der Waals surface area contributed by atoms with Crippen molar-refractivity contribution >= 4 is 23.0 Å². The van der Waals surface area contributed by atoms with Gasteiger partial charge in [-0.05, 0) is 30.2 Å². The van der Waals surface area contributed by atoms with Crippen LogP contribution in [0, 0.1) is 0 Å². The molecule has 0 radical (unpaired) electrons. The van der Waals surface area contributed by atoms with Crippen LogP contribution in [-0.2, 0) is 11.2 Å². The van der Waals surface area contributed by atoms with Gasteiger partial charge in [-0.15, -0.1) is 0 Å². The number of hydrogen-bond donors (Lipinski definition) is 3. The first-order valence-electron chi connectivity index (χ1n) is 7.77. The zero-order valence-electron chi connectivity index (χ0n) is 13.1. The first-order valence-corrected chi connectivity index (χ1v) is 7.77. The highest BCUT2D eigenvalue weighted by Gasteiger charge is 2.06. The molecule has 3 rings (SSSR count). The van der Waals surface area contributed by atoms with Gasteiger partial charge in [0, 0.05) is 30.2 Å². The number of pyridine rings is 1. The smallest absolute Gasteiger partial charge is 0.244 e. The summed E-state index contributed by atoms with van der Waals surface area (Å²) in [6, 6.07) is 13.6.